The lowest BCUT2D eigenvalue weighted by Gasteiger charge is -2.25. The van der Waals surface area contributed by atoms with Crippen LogP contribution in [0.5, 0.6) is 0 Å². The van der Waals surface area contributed by atoms with Gasteiger partial charge in [-0.2, -0.15) is 0 Å². The van der Waals surface area contributed by atoms with Gasteiger partial charge in [0, 0.05) is 17.2 Å². The highest BCUT2D eigenvalue weighted by Crippen LogP contribution is 2.37. The predicted octanol–water partition coefficient (Wildman–Crippen LogP) is 7.00. The molecule has 0 amide bonds. The number of hydrogen-bond acceptors (Lipinski definition) is 5. The summed E-state index contributed by atoms with van der Waals surface area (Å²) in [4.78, 5) is 27.0. The second kappa shape index (κ2) is 9.53. The molecule has 1 aliphatic carbocycles. The number of ether oxygens (including phenoxy) is 1. The monoisotopic (exact) mass is 476 g/mol. The van der Waals surface area contributed by atoms with Crippen LogP contribution in [-0.4, -0.2) is 32.1 Å². The molecule has 1 fully saturated rings. The first-order valence-electron chi connectivity index (χ1n) is 12.7. The van der Waals surface area contributed by atoms with E-state index < -0.39 is 0 Å². The van der Waals surface area contributed by atoms with Crippen molar-refractivity contribution in [2.75, 3.05) is 6.61 Å². The Morgan fingerprint density at radius 2 is 1.72 bits per heavy atom. The van der Waals surface area contributed by atoms with E-state index in [9.17, 15) is 4.79 Å². The summed E-state index contributed by atoms with van der Waals surface area (Å²) < 4.78 is 7.59. The fourth-order valence-electron chi connectivity index (χ4n) is 5.25. The number of carbonyl (C=O) groups excluding carboxylic acids is 1. The molecular weight excluding hydrogens is 448 g/mol. The summed E-state index contributed by atoms with van der Waals surface area (Å²) in [6, 6.07) is 22.4. The molecule has 6 rings (SSSR count). The van der Waals surface area contributed by atoms with Crippen LogP contribution >= 0.6 is 0 Å². The molecule has 0 aliphatic heterocycles. The van der Waals surface area contributed by atoms with Gasteiger partial charge in [0.15, 0.2) is 0 Å². The van der Waals surface area contributed by atoms with Gasteiger partial charge >= 0.3 is 5.97 Å². The first-order valence-corrected chi connectivity index (χ1v) is 12.7. The molecule has 0 bridgehead atoms. The molecule has 3 aromatic carbocycles. The molecular formula is C30H28N4O2. The lowest BCUT2D eigenvalue weighted by Crippen LogP contribution is -2.14. The van der Waals surface area contributed by atoms with Gasteiger partial charge in [-0.05, 0) is 56.2 Å². The maximum absolute atomic E-state index is 12.4. The average Bonchev–Trinajstić information content (AvgIpc) is 3.32. The third-order valence-corrected chi connectivity index (χ3v) is 7.01. The largest absolute Gasteiger partial charge is 0.462 e. The van der Waals surface area contributed by atoms with E-state index in [2.05, 4.69) is 16.7 Å². The molecule has 1 saturated carbocycles. The van der Waals surface area contributed by atoms with E-state index in [1.54, 1.807) is 0 Å². The zero-order chi connectivity index (χ0) is 24.5. The Morgan fingerprint density at radius 3 is 2.53 bits per heavy atom. The highest BCUT2D eigenvalue weighted by molar-refractivity contribution is 5.95. The molecule has 0 spiro atoms. The normalized spacial score (nSPS) is 14.4. The average molecular weight is 477 g/mol. The van der Waals surface area contributed by atoms with Crippen molar-refractivity contribution in [3.05, 3.63) is 78.5 Å². The van der Waals surface area contributed by atoms with E-state index in [0.717, 1.165) is 57.6 Å². The van der Waals surface area contributed by atoms with Gasteiger partial charge in [0.25, 0.3) is 0 Å². The first-order chi connectivity index (χ1) is 17.7. The third-order valence-electron chi connectivity index (χ3n) is 7.01. The van der Waals surface area contributed by atoms with Gasteiger partial charge in [-0.3, -0.25) is 4.98 Å². The molecule has 1 aliphatic rings. The molecule has 6 nitrogen and oxygen atoms in total. The number of aromatic nitrogens is 4. The summed E-state index contributed by atoms with van der Waals surface area (Å²) in [6.07, 6.45) is 7.81. The van der Waals surface area contributed by atoms with E-state index in [1.165, 1.54) is 19.3 Å². The molecule has 6 heteroatoms. The van der Waals surface area contributed by atoms with E-state index in [0.29, 0.717) is 18.2 Å². The number of benzene rings is 3. The molecule has 0 saturated heterocycles. The summed E-state index contributed by atoms with van der Waals surface area (Å²) in [6.45, 7) is 2.17. The van der Waals surface area contributed by atoms with Crippen molar-refractivity contribution in [2.24, 2.45) is 0 Å². The minimum Gasteiger partial charge on any atom is -0.462 e. The molecule has 2 heterocycles. The maximum atomic E-state index is 12.4. The van der Waals surface area contributed by atoms with Crippen LogP contribution in [0.1, 0.15) is 55.4 Å². The molecule has 36 heavy (non-hydrogen) atoms. The first kappa shape index (κ1) is 22.4. The summed E-state index contributed by atoms with van der Waals surface area (Å²) >= 11 is 0. The van der Waals surface area contributed by atoms with Crippen LogP contribution in [0.15, 0.2) is 72.9 Å². The molecule has 0 atom stereocenters. The molecule has 5 aromatic rings. The number of hydrogen-bond donors (Lipinski definition) is 0. The fourth-order valence-corrected chi connectivity index (χ4v) is 5.25. The Morgan fingerprint density at radius 1 is 0.889 bits per heavy atom. The molecule has 0 unspecified atom stereocenters. The van der Waals surface area contributed by atoms with Gasteiger partial charge in [-0.25, -0.2) is 14.8 Å². The van der Waals surface area contributed by atoms with Gasteiger partial charge < -0.3 is 9.30 Å². The van der Waals surface area contributed by atoms with Crippen LogP contribution < -0.4 is 0 Å². The number of esters is 1. The molecule has 180 valence electrons. The van der Waals surface area contributed by atoms with E-state index in [4.69, 9.17) is 19.7 Å². The minimum absolute atomic E-state index is 0.316. The number of fused-ring (bicyclic) bond motifs is 2. The number of nitrogens with zero attached hydrogens (tertiary/aromatic N) is 4. The summed E-state index contributed by atoms with van der Waals surface area (Å²) in [5.41, 5.74) is 6.99. The Labute approximate surface area is 210 Å². The molecule has 0 radical (unpaired) electrons. The predicted molar refractivity (Wildman–Crippen MR) is 142 cm³/mol. The number of carbonyl (C=O) groups is 1. The van der Waals surface area contributed by atoms with Crippen LogP contribution in [0, 0.1) is 0 Å². The number of imidazole rings is 1. The van der Waals surface area contributed by atoms with Crippen molar-refractivity contribution >= 4 is 28.0 Å². The molecule has 2 aromatic heterocycles. The van der Waals surface area contributed by atoms with Crippen molar-refractivity contribution < 1.29 is 9.53 Å². The third kappa shape index (κ3) is 4.13. The van der Waals surface area contributed by atoms with E-state index >= 15 is 0 Å². The van der Waals surface area contributed by atoms with Crippen molar-refractivity contribution in [2.45, 2.75) is 45.1 Å². The standard InChI is InChI=1S/C30H28N4O2/c1-2-36-30(35)22-14-16-28-26(18-22)33-29(34(28)23-11-7-4-8-12-23)21-13-15-24-25(17-21)31-19-27(32-24)20-9-5-3-6-10-20/h3,5-6,9-10,13-19,23H,2,4,7-8,11-12H2,1H3. The Hall–Kier alpha value is -4.06. The van der Waals surface area contributed by atoms with Gasteiger partial charge in [0.2, 0.25) is 0 Å². The Kier molecular flexibility index (Phi) is 5.93. The summed E-state index contributed by atoms with van der Waals surface area (Å²) in [5, 5.41) is 0. The zero-order valence-corrected chi connectivity index (χ0v) is 20.4. The smallest absolute Gasteiger partial charge is 0.338 e. The van der Waals surface area contributed by atoms with Crippen LogP contribution in [0.4, 0.5) is 0 Å². The number of rotatable bonds is 5. The van der Waals surface area contributed by atoms with Crippen molar-refractivity contribution in [1.82, 2.24) is 19.5 Å². The molecule has 0 N–H and O–H groups in total. The van der Waals surface area contributed by atoms with E-state index in [1.807, 2.05) is 67.7 Å². The van der Waals surface area contributed by atoms with Gasteiger partial charge in [-0.15, -0.1) is 0 Å². The SMILES string of the molecule is CCOC(=O)c1ccc2c(c1)nc(-c1ccc3nc(-c4ccccc4)cnc3c1)n2C1CCCCC1. The fraction of sp³-hybridized carbons (Fsp3) is 0.267. The van der Waals surface area contributed by atoms with Gasteiger partial charge in [0.1, 0.15) is 5.82 Å². The maximum Gasteiger partial charge on any atom is 0.338 e. The van der Waals surface area contributed by atoms with Crippen LogP contribution in [-0.2, 0) is 4.74 Å². The van der Waals surface area contributed by atoms with Crippen LogP contribution in [0.25, 0.3) is 44.7 Å². The zero-order valence-electron chi connectivity index (χ0n) is 20.4. The Balaban J connectivity index is 1.46. The topological polar surface area (TPSA) is 69.9 Å². The van der Waals surface area contributed by atoms with Crippen molar-refractivity contribution in [3.8, 4) is 22.6 Å². The Bertz CT molecular complexity index is 1550. The highest BCUT2D eigenvalue weighted by Gasteiger charge is 2.23. The summed E-state index contributed by atoms with van der Waals surface area (Å²) in [7, 11) is 0. The van der Waals surface area contributed by atoms with Crippen molar-refractivity contribution in [3.63, 3.8) is 0 Å². The lowest BCUT2D eigenvalue weighted by molar-refractivity contribution is 0.0526. The minimum atomic E-state index is -0.316. The van der Waals surface area contributed by atoms with E-state index in [-0.39, 0.29) is 5.97 Å². The highest BCUT2D eigenvalue weighted by atomic mass is 16.5. The lowest BCUT2D eigenvalue weighted by atomic mass is 9.94. The van der Waals surface area contributed by atoms with Crippen LogP contribution in [0.2, 0.25) is 0 Å². The second-order valence-corrected chi connectivity index (χ2v) is 9.35. The second-order valence-electron chi connectivity index (χ2n) is 9.35. The van der Waals surface area contributed by atoms with Crippen molar-refractivity contribution in [1.29, 1.82) is 0 Å². The van der Waals surface area contributed by atoms with Gasteiger partial charge in [0.05, 0.1) is 46.1 Å². The van der Waals surface area contributed by atoms with Crippen LogP contribution in [0.3, 0.4) is 0 Å². The quantitative estimate of drug-likeness (QED) is 0.256. The van der Waals surface area contributed by atoms with Gasteiger partial charge in [-0.1, -0.05) is 49.6 Å². The summed E-state index contributed by atoms with van der Waals surface area (Å²) in [5.74, 6) is 0.595.